The Morgan fingerprint density at radius 3 is 2.11 bits per heavy atom. The van der Waals surface area contributed by atoms with Gasteiger partial charge in [0.1, 0.15) is 0 Å². The molecule has 0 radical (unpaired) electrons. The third kappa shape index (κ3) is 2.73. The smallest absolute Gasteiger partial charge is 0.0707 e. The first-order chi connectivity index (χ1) is 13.8. The lowest BCUT2D eigenvalue weighted by atomic mass is 10.00. The van der Waals surface area contributed by atoms with Gasteiger partial charge < -0.3 is 15.6 Å². The molecule has 3 nitrogen and oxygen atoms in total. The number of nitrogens with zero attached hydrogens (tertiary/aromatic N) is 1. The van der Waals surface area contributed by atoms with Gasteiger partial charge in [-0.3, -0.25) is 0 Å². The van der Waals surface area contributed by atoms with E-state index in [1.54, 1.807) is 0 Å². The molecule has 1 heterocycles. The Morgan fingerprint density at radius 1 is 0.679 bits per heavy atom. The molecule has 136 valence electrons. The number of hydrogen-bond acceptors (Lipinski definition) is 2. The van der Waals surface area contributed by atoms with E-state index in [4.69, 9.17) is 5.73 Å². The van der Waals surface area contributed by atoms with Crippen LogP contribution in [-0.4, -0.2) is 4.57 Å². The van der Waals surface area contributed by atoms with Crippen molar-refractivity contribution in [1.29, 1.82) is 0 Å². The van der Waals surface area contributed by atoms with Crippen LogP contribution < -0.4 is 11.1 Å². The quantitative estimate of drug-likeness (QED) is 0.404. The molecule has 4 aromatic carbocycles. The maximum atomic E-state index is 6.12. The molecule has 0 unspecified atom stereocenters. The molecule has 3 heteroatoms. The maximum Gasteiger partial charge on any atom is 0.0707 e. The molecule has 0 amide bonds. The van der Waals surface area contributed by atoms with Crippen molar-refractivity contribution in [3.8, 4) is 11.1 Å². The summed E-state index contributed by atoms with van der Waals surface area (Å²) in [5, 5.41) is 6.05. The monoisotopic (exact) mass is 363 g/mol. The van der Waals surface area contributed by atoms with E-state index in [-0.39, 0.29) is 0 Å². The molecule has 5 rings (SSSR count). The van der Waals surface area contributed by atoms with Crippen molar-refractivity contribution in [2.24, 2.45) is 5.73 Å². The summed E-state index contributed by atoms with van der Waals surface area (Å²) in [6.45, 7) is 0.444. The van der Waals surface area contributed by atoms with Gasteiger partial charge in [-0.25, -0.2) is 0 Å². The van der Waals surface area contributed by atoms with E-state index in [9.17, 15) is 0 Å². The van der Waals surface area contributed by atoms with Gasteiger partial charge in [-0.05, 0) is 35.9 Å². The first-order valence-corrected chi connectivity index (χ1v) is 9.48. The molecule has 0 atom stereocenters. The molecular weight excluding hydrogens is 342 g/mol. The highest BCUT2D eigenvalue weighted by Crippen LogP contribution is 2.38. The summed E-state index contributed by atoms with van der Waals surface area (Å²) >= 11 is 0. The molecule has 0 saturated carbocycles. The van der Waals surface area contributed by atoms with Crippen LogP contribution in [0.2, 0.25) is 0 Å². The summed E-state index contributed by atoms with van der Waals surface area (Å²) in [7, 11) is 0. The summed E-state index contributed by atoms with van der Waals surface area (Å²) < 4.78 is 2.18. The van der Waals surface area contributed by atoms with E-state index in [1.807, 2.05) is 24.3 Å². The Hall–Kier alpha value is -3.56. The third-order valence-corrected chi connectivity index (χ3v) is 5.23. The van der Waals surface area contributed by atoms with Crippen molar-refractivity contribution in [1.82, 2.24) is 4.57 Å². The Morgan fingerprint density at radius 2 is 1.36 bits per heavy atom. The molecule has 0 bridgehead atoms. The maximum absolute atomic E-state index is 6.12. The van der Waals surface area contributed by atoms with Crippen LogP contribution >= 0.6 is 0 Å². The molecule has 3 N–H and O–H groups in total. The van der Waals surface area contributed by atoms with Gasteiger partial charge in [0, 0.05) is 27.7 Å². The number of para-hydroxylation sites is 2. The van der Waals surface area contributed by atoms with Crippen LogP contribution in [0, 0.1) is 0 Å². The van der Waals surface area contributed by atoms with Crippen molar-refractivity contribution in [2.75, 3.05) is 5.32 Å². The normalized spacial score (nSPS) is 11.2. The second-order valence-electron chi connectivity index (χ2n) is 6.90. The molecule has 28 heavy (non-hydrogen) atoms. The number of aromatic nitrogens is 1. The van der Waals surface area contributed by atoms with Crippen LogP contribution in [0.1, 0.15) is 0 Å². The summed E-state index contributed by atoms with van der Waals surface area (Å²) in [6, 6.07) is 33.7. The summed E-state index contributed by atoms with van der Waals surface area (Å²) in [4.78, 5) is 0. The van der Waals surface area contributed by atoms with Gasteiger partial charge in [0.25, 0.3) is 0 Å². The molecule has 1 aromatic heterocycles. The lowest BCUT2D eigenvalue weighted by molar-refractivity contribution is 0.791. The standard InChI is InChI=1S/C25H21N3/c26-17-28-24-14-8-7-13-20(24)22-15-21(18-9-3-1-4-10-18)23(16-25(22)28)27-19-11-5-2-6-12-19/h1-16,27H,17,26H2. The fourth-order valence-corrected chi connectivity index (χ4v) is 3.93. The topological polar surface area (TPSA) is 43.0 Å². The van der Waals surface area contributed by atoms with Gasteiger partial charge in [-0.15, -0.1) is 0 Å². The van der Waals surface area contributed by atoms with Crippen LogP contribution in [0.15, 0.2) is 97.1 Å². The first kappa shape index (κ1) is 16.6. The number of benzene rings is 4. The van der Waals surface area contributed by atoms with Crippen molar-refractivity contribution >= 4 is 33.2 Å². The number of nitrogens with two attached hydrogens (primary N) is 1. The van der Waals surface area contributed by atoms with E-state index >= 15 is 0 Å². The molecule has 0 fully saturated rings. The fraction of sp³-hybridized carbons (Fsp3) is 0.0400. The van der Waals surface area contributed by atoms with E-state index in [0.29, 0.717) is 6.67 Å². The largest absolute Gasteiger partial charge is 0.355 e. The van der Waals surface area contributed by atoms with Crippen LogP contribution in [0.5, 0.6) is 0 Å². The Labute approximate surface area is 164 Å². The van der Waals surface area contributed by atoms with Crippen molar-refractivity contribution in [3.63, 3.8) is 0 Å². The number of rotatable bonds is 4. The zero-order valence-electron chi connectivity index (χ0n) is 15.5. The second-order valence-corrected chi connectivity index (χ2v) is 6.90. The molecular formula is C25H21N3. The highest BCUT2D eigenvalue weighted by Gasteiger charge is 2.14. The number of hydrogen-bond donors (Lipinski definition) is 2. The third-order valence-electron chi connectivity index (χ3n) is 5.23. The Balaban J connectivity index is 1.81. The van der Waals surface area contributed by atoms with E-state index in [0.717, 1.165) is 22.4 Å². The van der Waals surface area contributed by atoms with Gasteiger partial charge in [0.15, 0.2) is 0 Å². The summed E-state index contributed by atoms with van der Waals surface area (Å²) in [5.74, 6) is 0. The zero-order chi connectivity index (χ0) is 18.9. The average Bonchev–Trinajstić information content (AvgIpc) is 3.07. The Bertz CT molecular complexity index is 1250. The lowest BCUT2D eigenvalue weighted by Crippen LogP contribution is -2.06. The highest BCUT2D eigenvalue weighted by atomic mass is 15.0. The van der Waals surface area contributed by atoms with Crippen LogP contribution in [0.3, 0.4) is 0 Å². The molecule has 5 aromatic rings. The predicted molar refractivity (Wildman–Crippen MR) is 119 cm³/mol. The number of fused-ring (bicyclic) bond motifs is 3. The number of anilines is 2. The summed E-state index contributed by atoms with van der Waals surface area (Å²) in [5.41, 5.74) is 12.9. The molecule has 0 aliphatic heterocycles. The van der Waals surface area contributed by atoms with Crippen LogP contribution in [0.4, 0.5) is 11.4 Å². The van der Waals surface area contributed by atoms with Gasteiger partial charge >= 0.3 is 0 Å². The predicted octanol–water partition coefficient (Wildman–Crippen LogP) is 6.12. The Kier molecular flexibility index (Phi) is 4.08. The van der Waals surface area contributed by atoms with E-state index in [1.165, 1.54) is 21.9 Å². The highest BCUT2D eigenvalue weighted by molar-refractivity contribution is 6.11. The van der Waals surface area contributed by atoms with Crippen LogP contribution in [-0.2, 0) is 6.67 Å². The molecule has 0 aliphatic rings. The van der Waals surface area contributed by atoms with Crippen molar-refractivity contribution < 1.29 is 0 Å². The van der Waals surface area contributed by atoms with Gasteiger partial charge in [-0.2, -0.15) is 0 Å². The second kappa shape index (κ2) is 6.87. The van der Waals surface area contributed by atoms with Crippen LogP contribution in [0.25, 0.3) is 32.9 Å². The molecule has 0 aliphatic carbocycles. The molecule has 0 spiro atoms. The zero-order valence-corrected chi connectivity index (χ0v) is 15.5. The minimum atomic E-state index is 0.444. The van der Waals surface area contributed by atoms with Gasteiger partial charge in [0.05, 0.1) is 17.7 Å². The average molecular weight is 363 g/mol. The van der Waals surface area contributed by atoms with E-state index < -0.39 is 0 Å². The van der Waals surface area contributed by atoms with Gasteiger partial charge in [-0.1, -0.05) is 66.7 Å². The summed E-state index contributed by atoms with van der Waals surface area (Å²) in [6.07, 6.45) is 0. The van der Waals surface area contributed by atoms with Gasteiger partial charge in [0.2, 0.25) is 0 Å². The fourth-order valence-electron chi connectivity index (χ4n) is 3.93. The van der Waals surface area contributed by atoms with E-state index in [2.05, 4.69) is 82.7 Å². The number of nitrogens with one attached hydrogen (secondary N) is 1. The van der Waals surface area contributed by atoms with Crippen molar-refractivity contribution in [3.05, 3.63) is 97.1 Å². The lowest BCUT2D eigenvalue weighted by Gasteiger charge is -2.14. The molecule has 0 saturated heterocycles. The minimum absolute atomic E-state index is 0.444. The SMILES string of the molecule is NCn1c2ccccc2c2cc(-c3ccccc3)c(Nc3ccccc3)cc21. The van der Waals surface area contributed by atoms with Crippen molar-refractivity contribution in [2.45, 2.75) is 6.67 Å². The minimum Gasteiger partial charge on any atom is -0.355 e. The first-order valence-electron chi connectivity index (χ1n) is 9.48.